The second-order valence-corrected chi connectivity index (χ2v) is 6.75. The average molecular weight is 300 g/mol. The number of nitrogens with zero attached hydrogens (tertiary/aromatic N) is 3. The van der Waals surface area contributed by atoms with E-state index in [0.717, 1.165) is 30.5 Å². The molecule has 0 bridgehead atoms. The van der Waals surface area contributed by atoms with E-state index >= 15 is 0 Å². The Labute approximate surface area is 129 Å². The highest BCUT2D eigenvalue weighted by Gasteiger charge is 2.31. The van der Waals surface area contributed by atoms with Crippen molar-refractivity contribution in [3.8, 4) is 0 Å². The molecule has 0 spiro atoms. The molecule has 1 aliphatic carbocycles. The number of hydrogen-bond donors (Lipinski definition) is 1. The number of likely N-dealkylation sites (N-methyl/N-ethyl adjacent to an activating group) is 1. The van der Waals surface area contributed by atoms with Crippen molar-refractivity contribution in [3.05, 3.63) is 41.2 Å². The number of hydrogen-bond acceptors (Lipinski definition) is 5. The van der Waals surface area contributed by atoms with E-state index < -0.39 is 0 Å². The smallest absolute Gasteiger partial charge is 0.205 e. The Bertz CT molecular complexity index is 635. The molecule has 1 aliphatic heterocycles. The summed E-state index contributed by atoms with van der Waals surface area (Å²) in [5, 5.41) is 4.41. The molecule has 1 N–H and O–H groups in total. The SMILES string of the molecule is CNCC1Cc2ccccc2CN1c1nc(C2CC2)ns1. The topological polar surface area (TPSA) is 41.0 Å². The minimum atomic E-state index is 0.463. The van der Waals surface area contributed by atoms with Crippen LogP contribution in [0.15, 0.2) is 24.3 Å². The van der Waals surface area contributed by atoms with Gasteiger partial charge in [-0.3, -0.25) is 0 Å². The summed E-state index contributed by atoms with van der Waals surface area (Å²) in [6, 6.07) is 9.22. The third-order valence-corrected chi connectivity index (χ3v) is 5.18. The second-order valence-electron chi connectivity index (χ2n) is 6.02. The quantitative estimate of drug-likeness (QED) is 0.942. The third kappa shape index (κ3) is 2.56. The molecule has 110 valence electrons. The minimum Gasteiger partial charge on any atom is -0.338 e. The summed E-state index contributed by atoms with van der Waals surface area (Å²) < 4.78 is 4.57. The van der Waals surface area contributed by atoms with Crippen LogP contribution in [0, 0.1) is 0 Å². The van der Waals surface area contributed by atoms with E-state index in [1.165, 1.54) is 24.0 Å². The molecule has 1 fully saturated rings. The van der Waals surface area contributed by atoms with E-state index in [2.05, 4.69) is 38.9 Å². The normalized spacial score (nSPS) is 21.4. The third-order valence-electron chi connectivity index (χ3n) is 4.41. The van der Waals surface area contributed by atoms with Crippen LogP contribution in [0.1, 0.15) is 35.7 Å². The van der Waals surface area contributed by atoms with Crippen LogP contribution in [0.5, 0.6) is 0 Å². The van der Waals surface area contributed by atoms with E-state index in [1.807, 2.05) is 7.05 Å². The van der Waals surface area contributed by atoms with Crippen molar-refractivity contribution in [3.63, 3.8) is 0 Å². The molecular formula is C16H20N4S. The minimum absolute atomic E-state index is 0.463. The summed E-state index contributed by atoms with van der Waals surface area (Å²) in [6.07, 6.45) is 3.60. The molecule has 1 atom stereocenters. The molecule has 1 aromatic heterocycles. The van der Waals surface area contributed by atoms with Crippen LogP contribution >= 0.6 is 11.5 Å². The largest absolute Gasteiger partial charge is 0.338 e. The van der Waals surface area contributed by atoms with Gasteiger partial charge in [-0.25, -0.2) is 4.98 Å². The molecule has 4 rings (SSSR count). The summed E-state index contributed by atoms with van der Waals surface area (Å²) >= 11 is 1.57. The Morgan fingerprint density at radius 3 is 2.86 bits per heavy atom. The molecule has 0 amide bonds. The molecule has 1 aromatic carbocycles. The first kappa shape index (κ1) is 13.2. The Kier molecular flexibility index (Phi) is 3.39. The fraction of sp³-hybridized carbons (Fsp3) is 0.500. The Balaban J connectivity index is 1.64. The van der Waals surface area contributed by atoms with Crippen molar-refractivity contribution in [2.24, 2.45) is 0 Å². The van der Waals surface area contributed by atoms with Crippen molar-refractivity contribution < 1.29 is 0 Å². The second kappa shape index (κ2) is 5.39. The molecule has 0 radical (unpaired) electrons. The summed E-state index contributed by atoms with van der Waals surface area (Å²) in [7, 11) is 2.02. The maximum absolute atomic E-state index is 4.81. The summed E-state index contributed by atoms with van der Waals surface area (Å²) in [5.74, 6) is 1.70. The van der Waals surface area contributed by atoms with Crippen LogP contribution in [0.25, 0.3) is 0 Å². The number of anilines is 1. The van der Waals surface area contributed by atoms with Gasteiger partial charge in [0.05, 0.1) is 0 Å². The van der Waals surface area contributed by atoms with Crippen molar-refractivity contribution >= 4 is 16.7 Å². The van der Waals surface area contributed by atoms with Gasteiger partial charge in [0.2, 0.25) is 5.13 Å². The van der Waals surface area contributed by atoms with Crippen LogP contribution in [-0.2, 0) is 13.0 Å². The van der Waals surface area contributed by atoms with Crippen LogP contribution in [0.4, 0.5) is 5.13 Å². The molecular weight excluding hydrogens is 280 g/mol. The van der Waals surface area contributed by atoms with Crippen LogP contribution in [0.3, 0.4) is 0 Å². The average Bonchev–Trinajstić information content (AvgIpc) is 3.25. The Morgan fingerprint density at radius 2 is 2.10 bits per heavy atom. The van der Waals surface area contributed by atoms with Gasteiger partial charge < -0.3 is 10.2 Å². The van der Waals surface area contributed by atoms with Gasteiger partial charge in [0.1, 0.15) is 5.82 Å². The predicted octanol–water partition coefficient (Wildman–Crippen LogP) is 2.57. The van der Waals surface area contributed by atoms with Crippen LogP contribution < -0.4 is 10.2 Å². The molecule has 2 heterocycles. The van der Waals surface area contributed by atoms with Gasteiger partial charge in [0.25, 0.3) is 0 Å². The van der Waals surface area contributed by atoms with Gasteiger partial charge >= 0.3 is 0 Å². The van der Waals surface area contributed by atoms with E-state index in [4.69, 9.17) is 4.98 Å². The molecule has 0 saturated heterocycles. The molecule has 1 saturated carbocycles. The summed E-state index contributed by atoms with van der Waals surface area (Å²) in [6.45, 7) is 1.93. The molecule has 5 heteroatoms. The van der Waals surface area contributed by atoms with Gasteiger partial charge in [-0.1, -0.05) is 24.3 Å². The first-order valence-corrected chi connectivity index (χ1v) is 8.44. The van der Waals surface area contributed by atoms with Crippen molar-refractivity contribution in [2.75, 3.05) is 18.5 Å². The zero-order chi connectivity index (χ0) is 14.2. The van der Waals surface area contributed by atoms with E-state index in [1.54, 1.807) is 11.5 Å². The first-order valence-electron chi connectivity index (χ1n) is 7.67. The van der Waals surface area contributed by atoms with Gasteiger partial charge in [0, 0.05) is 36.6 Å². The highest BCUT2D eigenvalue weighted by molar-refractivity contribution is 7.09. The number of benzene rings is 1. The molecule has 1 unspecified atom stereocenters. The van der Waals surface area contributed by atoms with E-state index in [0.29, 0.717) is 12.0 Å². The van der Waals surface area contributed by atoms with Crippen molar-refractivity contribution in [1.82, 2.24) is 14.7 Å². The maximum Gasteiger partial charge on any atom is 0.205 e. The molecule has 21 heavy (non-hydrogen) atoms. The van der Waals surface area contributed by atoms with Crippen molar-refractivity contribution in [2.45, 2.75) is 37.8 Å². The number of rotatable bonds is 4. The zero-order valence-corrected chi connectivity index (χ0v) is 13.1. The van der Waals surface area contributed by atoms with Gasteiger partial charge in [0.15, 0.2) is 0 Å². The fourth-order valence-electron chi connectivity index (χ4n) is 3.08. The van der Waals surface area contributed by atoms with E-state index in [-0.39, 0.29) is 0 Å². The fourth-order valence-corrected chi connectivity index (χ4v) is 3.90. The van der Waals surface area contributed by atoms with Gasteiger partial charge in [-0.2, -0.15) is 4.37 Å². The number of fused-ring (bicyclic) bond motifs is 1. The van der Waals surface area contributed by atoms with Crippen LogP contribution in [-0.4, -0.2) is 29.0 Å². The monoisotopic (exact) mass is 300 g/mol. The highest BCUT2D eigenvalue weighted by atomic mass is 32.1. The number of aromatic nitrogens is 2. The van der Waals surface area contributed by atoms with Crippen LogP contribution in [0.2, 0.25) is 0 Å². The molecule has 4 nitrogen and oxygen atoms in total. The zero-order valence-electron chi connectivity index (χ0n) is 12.2. The van der Waals surface area contributed by atoms with Gasteiger partial charge in [-0.15, -0.1) is 0 Å². The number of nitrogens with one attached hydrogen (secondary N) is 1. The summed E-state index contributed by atoms with van der Waals surface area (Å²) in [4.78, 5) is 7.24. The first-order chi connectivity index (χ1) is 10.3. The standard InChI is InChI=1S/C16H20N4S/c1-17-9-14-8-12-4-2-3-5-13(12)10-20(14)16-18-15(19-21-16)11-6-7-11/h2-5,11,14,17H,6-10H2,1H3. The maximum atomic E-state index is 4.81. The lowest BCUT2D eigenvalue weighted by molar-refractivity contribution is 0.526. The lowest BCUT2D eigenvalue weighted by Gasteiger charge is -2.36. The Morgan fingerprint density at radius 1 is 1.29 bits per heavy atom. The van der Waals surface area contributed by atoms with E-state index in [9.17, 15) is 0 Å². The molecule has 2 aliphatic rings. The molecule has 2 aromatic rings. The lowest BCUT2D eigenvalue weighted by atomic mass is 9.94. The summed E-state index contributed by atoms with van der Waals surface area (Å²) in [5.41, 5.74) is 2.90. The predicted molar refractivity (Wildman–Crippen MR) is 85.9 cm³/mol. The van der Waals surface area contributed by atoms with Crippen molar-refractivity contribution in [1.29, 1.82) is 0 Å². The van der Waals surface area contributed by atoms with Gasteiger partial charge in [-0.05, 0) is 37.4 Å². The Hall–Kier alpha value is -1.46. The lowest BCUT2D eigenvalue weighted by Crippen LogP contribution is -2.45. The highest BCUT2D eigenvalue weighted by Crippen LogP contribution is 2.40.